The highest BCUT2D eigenvalue weighted by molar-refractivity contribution is 4.83. The van der Waals surface area contributed by atoms with Crippen molar-refractivity contribution in [1.29, 1.82) is 0 Å². The first-order valence-corrected chi connectivity index (χ1v) is 4.93. The van der Waals surface area contributed by atoms with Crippen molar-refractivity contribution in [3.05, 3.63) is 0 Å². The van der Waals surface area contributed by atoms with Gasteiger partial charge >= 0.3 is 0 Å². The molecule has 0 aromatic carbocycles. The third-order valence-corrected chi connectivity index (χ3v) is 1.96. The van der Waals surface area contributed by atoms with E-state index >= 15 is 0 Å². The molecule has 0 bridgehead atoms. The quantitative estimate of drug-likeness (QED) is 0.657. The van der Waals surface area contributed by atoms with Crippen molar-refractivity contribution in [3.63, 3.8) is 0 Å². The van der Waals surface area contributed by atoms with Crippen molar-refractivity contribution < 1.29 is 4.74 Å². The molecule has 2 heteroatoms. The molecule has 0 aromatic rings. The van der Waals surface area contributed by atoms with Gasteiger partial charge in [-0.1, -0.05) is 27.7 Å². The zero-order valence-electron chi connectivity index (χ0n) is 9.27. The molecule has 74 valence electrons. The minimum atomic E-state index is -0.102. The smallest absolute Gasteiger partial charge is 0.113 e. The Hall–Kier alpha value is -0.0800. The predicted octanol–water partition coefficient (Wildman–Crippen LogP) is 2.39. The summed E-state index contributed by atoms with van der Waals surface area (Å²) in [7, 11) is 0. The summed E-state index contributed by atoms with van der Waals surface area (Å²) in [6.07, 6.45) is 0. The number of rotatable bonds is 1. The van der Waals surface area contributed by atoms with Gasteiger partial charge in [-0.25, -0.2) is 0 Å². The molecule has 0 radical (unpaired) electrons. The Labute approximate surface area is 76.7 Å². The minimum Gasteiger partial charge on any atom is -0.360 e. The van der Waals surface area contributed by atoms with Crippen LogP contribution in [0.25, 0.3) is 0 Å². The molecule has 1 rings (SSSR count). The molecule has 1 unspecified atom stereocenters. The summed E-state index contributed by atoms with van der Waals surface area (Å²) < 4.78 is 5.50. The van der Waals surface area contributed by atoms with Gasteiger partial charge in [0.1, 0.15) is 5.72 Å². The summed E-state index contributed by atoms with van der Waals surface area (Å²) >= 11 is 0. The zero-order valence-corrected chi connectivity index (χ0v) is 9.27. The summed E-state index contributed by atoms with van der Waals surface area (Å²) in [6, 6.07) is 0.537. The van der Waals surface area contributed by atoms with E-state index in [0.29, 0.717) is 12.0 Å². The predicted molar refractivity (Wildman–Crippen MR) is 53.1 cm³/mol. The average Bonchev–Trinajstić information content (AvgIpc) is 2.35. The van der Waals surface area contributed by atoms with E-state index < -0.39 is 0 Å². The SMILES string of the molecule is CC.CC(C)C1COC(C)(C)N1. The molecule has 1 fully saturated rings. The third-order valence-electron chi connectivity index (χ3n) is 1.96. The molecule has 0 aliphatic carbocycles. The second kappa shape index (κ2) is 4.83. The van der Waals surface area contributed by atoms with E-state index in [1.165, 1.54) is 0 Å². The molecule has 1 aliphatic rings. The van der Waals surface area contributed by atoms with Crippen LogP contribution in [0.1, 0.15) is 41.5 Å². The summed E-state index contributed by atoms with van der Waals surface area (Å²) in [6.45, 7) is 13.4. The van der Waals surface area contributed by atoms with Gasteiger partial charge in [0.25, 0.3) is 0 Å². The molecule has 1 heterocycles. The summed E-state index contributed by atoms with van der Waals surface area (Å²) in [4.78, 5) is 0. The summed E-state index contributed by atoms with van der Waals surface area (Å²) in [5.74, 6) is 0.668. The molecule has 1 N–H and O–H groups in total. The lowest BCUT2D eigenvalue weighted by Gasteiger charge is -2.19. The molecule has 0 amide bonds. The van der Waals surface area contributed by atoms with Gasteiger partial charge in [0.2, 0.25) is 0 Å². The summed E-state index contributed by atoms with van der Waals surface area (Å²) in [5, 5.41) is 3.41. The molecule has 1 atom stereocenters. The summed E-state index contributed by atoms with van der Waals surface area (Å²) in [5.41, 5.74) is -0.102. The lowest BCUT2D eigenvalue weighted by Crippen LogP contribution is -2.40. The van der Waals surface area contributed by atoms with E-state index in [1.54, 1.807) is 0 Å². The molecule has 0 spiro atoms. The molecular weight excluding hydrogens is 150 g/mol. The van der Waals surface area contributed by atoms with Crippen LogP contribution in [-0.2, 0) is 4.74 Å². The van der Waals surface area contributed by atoms with Gasteiger partial charge in [-0.15, -0.1) is 0 Å². The Bertz CT molecular complexity index is 121. The van der Waals surface area contributed by atoms with Gasteiger partial charge in [-0.3, -0.25) is 5.32 Å². The van der Waals surface area contributed by atoms with Crippen molar-refractivity contribution in [2.45, 2.75) is 53.3 Å². The average molecular weight is 173 g/mol. The maximum absolute atomic E-state index is 5.50. The first-order valence-electron chi connectivity index (χ1n) is 4.93. The number of ether oxygens (including phenoxy) is 1. The highest BCUT2D eigenvalue weighted by atomic mass is 16.5. The lowest BCUT2D eigenvalue weighted by molar-refractivity contribution is 0.0230. The normalized spacial score (nSPS) is 26.8. The van der Waals surface area contributed by atoms with Crippen LogP contribution >= 0.6 is 0 Å². The highest BCUT2D eigenvalue weighted by Gasteiger charge is 2.31. The van der Waals surface area contributed by atoms with Crippen molar-refractivity contribution in [2.75, 3.05) is 6.61 Å². The van der Waals surface area contributed by atoms with Crippen LogP contribution in [0.15, 0.2) is 0 Å². The van der Waals surface area contributed by atoms with Crippen LogP contribution in [0.2, 0.25) is 0 Å². The van der Waals surface area contributed by atoms with E-state index in [1.807, 2.05) is 13.8 Å². The fourth-order valence-corrected chi connectivity index (χ4v) is 1.19. The van der Waals surface area contributed by atoms with E-state index in [0.717, 1.165) is 6.61 Å². The number of hydrogen-bond donors (Lipinski definition) is 1. The Morgan fingerprint density at radius 1 is 1.33 bits per heavy atom. The van der Waals surface area contributed by atoms with Crippen molar-refractivity contribution in [3.8, 4) is 0 Å². The van der Waals surface area contributed by atoms with Crippen LogP contribution in [0.4, 0.5) is 0 Å². The Kier molecular flexibility index (Phi) is 4.80. The van der Waals surface area contributed by atoms with Crippen molar-refractivity contribution >= 4 is 0 Å². The van der Waals surface area contributed by atoms with Crippen LogP contribution in [0.3, 0.4) is 0 Å². The first-order chi connectivity index (χ1) is 5.51. The zero-order chi connectivity index (χ0) is 9.78. The molecular formula is C10H23NO. The molecule has 1 aliphatic heterocycles. The maximum atomic E-state index is 5.50. The van der Waals surface area contributed by atoms with Crippen LogP contribution in [0.5, 0.6) is 0 Å². The monoisotopic (exact) mass is 173 g/mol. The van der Waals surface area contributed by atoms with E-state index in [9.17, 15) is 0 Å². The fraction of sp³-hybridized carbons (Fsp3) is 1.00. The lowest BCUT2D eigenvalue weighted by atomic mass is 10.1. The number of nitrogens with one attached hydrogen (secondary N) is 1. The highest BCUT2D eigenvalue weighted by Crippen LogP contribution is 2.18. The van der Waals surface area contributed by atoms with Crippen molar-refractivity contribution in [2.24, 2.45) is 5.92 Å². The van der Waals surface area contributed by atoms with Gasteiger partial charge in [-0.05, 0) is 19.8 Å². The first kappa shape index (κ1) is 11.9. The molecule has 12 heavy (non-hydrogen) atoms. The van der Waals surface area contributed by atoms with Crippen LogP contribution in [0, 0.1) is 5.92 Å². The van der Waals surface area contributed by atoms with E-state index in [4.69, 9.17) is 4.74 Å². The van der Waals surface area contributed by atoms with E-state index in [2.05, 4.69) is 33.0 Å². The molecule has 2 nitrogen and oxygen atoms in total. The van der Waals surface area contributed by atoms with Crippen LogP contribution in [-0.4, -0.2) is 18.4 Å². The standard InChI is InChI=1S/C8H17NO.C2H6/c1-6(2)7-5-10-8(3,4)9-7;1-2/h6-7,9H,5H2,1-4H3;1-2H3. The van der Waals surface area contributed by atoms with E-state index in [-0.39, 0.29) is 5.72 Å². The second-order valence-electron chi connectivity index (χ2n) is 3.82. The second-order valence-corrected chi connectivity index (χ2v) is 3.82. The minimum absolute atomic E-state index is 0.102. The Balaban J connectivity index is 0.000000561. The Morgan fingerprint density at radius 3 is 2.00 bits per heavy atom. The third kappa shape index (κ3) is 3.55. The van der Waals surface area contributed by atoms with Crippen LogP contribution < -0.4 is 5.32 Å². The molecule has 1 saturated heterocycles. The van der Waals surface area contributed by atoms with Gasteiger partial charge in [0.15, 0.2) is 0 Å². The Morgan fingerprint density at radius 2 is 1.83 bits per heavy atom. The van der Waals surface area contributed by atoms with Gasteiger partial charge in [0.05, 0.1) is 6.61 Å². The topological polar surface area (TPSA) is 21.3 Å². The molecule has 0 saturated carbocycles. The van der Waals surface area contributed by atoms with Gasteiger partial charge < -0.3 is 4.74 Å². The van der Waals surface area contributed by atoms with Crippen molar-refractivity contribution in [1.82, 2.24) is 5.32 Å². The largest absolute Gasteiger partial charge is 0.360 e. The number of hydrogen-bond acceptors (Lipinski definition) is 2. The maximum Gasteiger partial charge on any atom is 0.113 e. The fourth-order valence-electron chi connectivity index (χ4n) is 1.19. The molecule has 0 aromatic heterocycles. The van der Waals surface area contributed by atoms with Gasteiger partial charge in [-0.2, -0.15) is 0 Å². The van der Waals surface area contributed by atoms with Gasteiger partial charge in [0, 0.05) is 6.04 Å².